The van der Waals surface area contributed by atoms with Crippen molar-refractivity contribution in [2.75, 3.05) is 0 Å². The van der Waals surface area contributed by atoms with E-state index in [-0.39, 0.29) is 0 Å². The predicted octanol–water partition coefficient (Wildman–Crippen LogP) is 4.87. The van der Waals surface area contributed by atoms with Crippen LogP contribution in [0.1, 0.15) is 56.9 Å². The van der Waals surface area contributed by atoms with Gasteiger partial charge in [0, 0.05) is 17.7 Å². The average Bonchev–Trinajstić information content (AvgIpc) is 2.54. The molecule has 116 valence electrons. The van der Waals surface area contributed by atoms with Crippen LogP contribution >= 0.6 is 0 Å². The Morgan fingerprint density at radius 2 is 1.91 bits per heavy atom. The summed E-state index contributed by atoms with van der Waals surface area (Å²) in [6, 6.07) is 7.96. The van der Waals surface area contributed by atoms with Gasteiger partial charge >= 0.3 is 0 Å². The molecule has 0 aliphatic heterocycles. The molecular formula is C20H25NO. The third-order valence-corrected chi connectivity index (χ3v) is 5.89. The summed E-state index contributed by atoms with van der Waals surface area (Å²) in [6.07, 6.45) is 12.6. The molecule has 0 aromatic heterocycles. The van der Waals surface area contributed by atoms with E-state index in [9.17, 15) is 5.11 Å². The van der Waals surface area contributed by atoms with Gasteiger partial charge in [0.2, 0.25) is 0 Å². The summed E-state index contributed by atoms with van der Waals surface area (Å²) >= 11 is 0. The van der Waals surface area contributed by atoms with E-state index in [1.54, 1.807) is 17.2 Å². The van der Waals surface area contributed by atoms with Crippen LogP contribution in [0.15, 0.2) is 40.4 Å². The molecule has 3 atom stereocenters. The van der Waals surface area contributed by atoms with Gasteiger partial charge in [-0.3, -0.25) is 4.99 Å². The summed E-state index contributed by atoms with van der Waals surface area (Å²) in [5, 5.41) is 9.93. The van der Waals surface area contributed by atoms with E-state index in [0.29, 0.717) is 17.7 Å². The van der Waals surface area contributed by atoms with Gasteiger partial charge in [-0.2, -0.15) is 0 Å². The maximum atomic E-state index is 9.93. The molecule has 0 amide bonds. The number of fused-ring (bicyclic) bond motifs is 3. The Balaban J connectivity index is 1.62. The van der Waals surface area contributed by atoms with Gasteiger partial charge in [0.1, 0.15) is 5.75 Å². The van der Waals surface area contributed by atoms with E-state index < -0.39 is 0 Å². The molecule has 3 aliphatic rings. The standard InChI is InChI=1S/C20H25NO/c22-19-11-4-2-7-16(19)13-21-20-15-8-5-10-18(20)17-9-3-1-6-14(17)12-15/h2,4,7,11,13,15,18,20,22H,1,3,5-6,8-10,12H2/t15-,18+,20-/m1/s1. The van der Waals surface area contributed by atoms with E-state index in [2.05, 4.69) is 0 Å². The van der Waals surface area contributed by atoms with E-state index in [1.165, 1.54) is 51.4 Å². The lowest BCUT2D eigenvalue weighted by atomic mass is 9.63. The average molecular weight is 295 g/mol. The van der Waals surface area contributed by atoms with Gasteiger partial charge in [-0.05, 0) is 63.0 Å². The molecule has 1 fully saturated rings. The molecule has 2 heteroatoms. The minimum atomic E-state index is 0.338. The first kappa shape index (κ1) is 14.0. The topological polar surface area (TPSA) is 32.6 Å². The lowest BCUT2D eigenvalue weighted by molar-refractivity contribution is 0.215. The van der Waals surface area contributed by atoms with Crippen molar-refractivity contribution in [3.63, 3.8) is 0 Å². The van der Waals surface area contributed by atoms with Crippen LogP contribution < -0.4 is 0 Å². The van der Waals surface area contributed by atoms with Crippen molar-refractivity contribution in [3.05, 3.63) is 41.0 Å². The van der Waals surface area contributed by atoms with Crippen molar-refractivity contribution in [2.24, 2.45) is 16.8 Å². The fraction of sp³-hybridized carbons (Fsp3) is 0.550. The van der Waals surface area contributed by atoms with Gasteiger partial charge < -0.3 is 5.11 Å². The summed E-state index contributed by atoms with van der Waals surface area (Å²) in [5.74, 6) is 1.76. The van der Waals surface area contributed by atoms with Crippen LogP contribution in [0.3, 0.4) is 0 Å². The number of benzene rings is 1. The molecule has 1 saturated carbocycles. The number of allylic oxidation sites excluding steroid dienone is 1. The zero-order chi connectivity index (χ0) is 14.9. The number of aromatic hydroxyl groups is 1. The summed E-state index contributed by atoms with van der Waals surface area (Å²) < 4.78 is 0. The largest absolute Gasteiger partial charge is 0.507 e. The third-order valence-electron chi connectivity index (χ3n) is 5.89. The molecule has 1 aromatic carbocycles. The third kappa shape index (κ3) is 2.49. The minimum Gasteiger partial charge on any atom is -0.507 e. The Hall–Kier alpha value is -1.57. The highest BCUT2D eigenvalue weighted by atomic mass is 16.3. The van der Waals surface area contributed by atoms with E-state index in [1.807, 2.05) is 24.4 Å². The molecular weight excluding hydrogens is 270 g/mol. The Labute approximate surface area is 133 Å². The van der Waals surface area contributed by atoms with E-state index in [0.717, 1.165) is 11.5 Å². The second-order valence-corrected chi connectivity index (χ2v) is 7.17. The molecule has 3 aliphatic carbocycles. The van der Waals surface area contributed by atoms with E-state index in [4.69, 9.17) is 4.99 Å². The zero-order valence-electron chi connectivity index (χ0n) is 13.2. The Kier molecular flexibility index (Phi) is 3.77. The van der Waals surface area contributed by atoms with Gasteiger partial charge in [0.25, 0.3) is 0 Å². The summed E-state index contributed by atoms with van der Waals surface area (Å²) in [6.45, 7) is 0. The van der Waals surface area contributed by atoms with Crippen LogP contribution in [0.5, 0.6) is 5.75 Å². The number of phenols is 1. The number of phenolic OH excluding ortho intramolecular Hbond substituents is 1. The number of aliphatic imine (C=N–C) groups is 1. The van der Waals surface area contributed by atoms with Crippen molar-refractivity contribution < 1.29 is 5.11 Å². The maximum absolute atomic E-state index is 9.93. The fourth-order valence-electron chi connectivity index (χ4n) is 4.85. The molecule has 0 radical (unpaired) electrons. The SMILES string of the molecule is Oc1ccccc1C=N[C@@H]1[C@@H]2CCC[C@H]1C1=C(CCCC1)C2. The number of hydrogen-bond donors (Lipinski definition) is 1. The normalized spacial score (nSPS) is 31.4. The molecule has 0 saturated heterocycles. The van der Waals surface area contributed by atoms with Crippen LogP contribution in [0.4, 0.5) is 0 Å². The highest BCUT2D eigenvalue weighted by Gasteiger charge is 2.40. The van der Waals surface area contributed by atoms with Crippen molar-refractivity contribution >= 4 is 6.21 Å². The van der Waals surface area contributed by atoms with Crippen LogP contribution in [-0.4, -0.2) is 17.4 Å². The van der Waals surface area contributed by atoms with Crippen LogP contribution in [0.2, 0.25) is 0 Å². The summed E-state index contributed by atoms with van der Waals surface area (Å²) in [4.78, 5) is 4.97. The van der Waals surface area contributed by atoms with Crippen molar-refractivity contribution in [2.45, 2.75) is 57.4 Å². The highest BCUT2D eigenvalue weighted by molar-refractivity contribution is 5.83. The zero-order valence-corrected chi connectivity index (χ0v) is 13.2. The molecule has 22 heavy (non-hydrogen) atoms. The van der Waals surface area contributed by atoms with Gasteiger partial charge in [-0.25, -0.2) is 0 Å². The predicted molar refractivity (Wildman–Crippen MR) is 90.4 cm³/mol. The first-order valence-electron chi connectivity index (χ1n) is 8.85. The molecule has 4 rings (SSSR count). The molecule has 0 heterocycles. The maximum Gasteiger partial charge on any atom is 0.124 e. The van der Waals surface area contributed by atoms with Crippen molar-refractivity contribution in [3.8, 4) is 5.75 Å². The summed E-state index contributed by atoms with van der Waals surface area (Å²) in [7, 11) is 0. The van der Waals surface area contributed by atoms with Crippen LogP contribution in [0.25, 0.3) is 0 Å². The molecule has 2 bridgehead atoms. The number of para-hydroxylation sites is 1. The van der Waals surface area contributed by atoms with Crippen molar-refractivity contribution in [1.82, 2.24) is 0 Å². The van der Waals surface area contributed by atoms with Crippen LogP contribution in [0, 0.1) is 11.8 Å². The molecule has 2 nitrogen and oxygen atoms in total. The first-order chi connectivity index (χ1) is 10.8. The van der Waals surface area contributed by atoms with Crippen molar-refractivity contribution in [1.29, 1.82) is 0 Å². The molecule has 0 spiro atoms. The monoisotopic (exact) mass is 295 g/mol. The van der Waals surface area contributed by atoms with Gasteiger partial charge in [0.15, 0.2) is 0 Å². The molecule has 1 N–H and O–H groups in total. The Morgan fingerprint density at radius 3 is 2.82 bits per heavy atom. The second kappa shape index (κ2) is 5.91. The highest BCUT2D eigenvalue weighted by Crippen LogP contribution is 2.49. The first-order valence-corrected chi connectivity index (χ1v) is 8.85. The summed E-state index contributed by atoms with van der Waals surface area (Å²) in [5.41, 5.74) is 4.40. The molecule has 0 unspecified atom stereocenters. The van der Waals surface area contributed by atoms with Crippen LogP contribution in [-0.2, 0) is 0 Å². The lowest BCUT2D eigenvalue weighted by Gasteiger charge is -2.44. The second-order valence-electron chi connectivity index (χ2n) is 7.17. The van der Waals surface area contributed by atoms with Gasteiger partial charge in [0.05, 0.1) is 6.04 Å². The van der Waals surface area contributed by atoms with E-state index >= 15 is 0 Å². The quantitative estimate of drug-likeness (QED) is 0.612. The number of hydrogen-bond acceptors (Lipinski definition) is 2. The smallest absolute Gasteiger partial charge is 0.124 e. The molecule has 1 aromatic rings. The Morgan fingerprint density at radius 1 is 1.05 bits per heavy atom. The number of rotatable bonds is 2. The minimum absolute atomic E-state index is 0.338. The fourth-order valence-corrected chi connectivity index (χ4v) is 4.85. The Bertz CT molecular complexity index is 616. The number of nitrogens with zero attached hydrogens (tertiary/aromatic N) is 1. The lowest BCUT2D eigenvalue weighted by Crippen LogP contribution is -2.38. The van der Waals surface area contributed by atoms with Gasteiger partial charge in [-0.15, -0.1) is 0 Å². The van der Waals surface area contributed by atoms with Gasteiger partial charge in [-0.1, -0.05) is 29.7 Å².